The van der Waals surface area contributed by atoms with Crippen molar-refractivity contribution in [3.05, 3.63) is 0 Å². The van der Waals surface area contributed by atoms with Crippen LogP contribution in [0.25, 0.3) is 0 Å². The highest BCUT2D eigenvalue weighted by Gasteiger charge is 2.07. The average molecular weight is 206 g/mol. The molecule has 4 heteroatoms. The van der Waals surface area contributed by atoms with E-state index in [1.807, 2.05) is 13.8 Å². The van der Waals surface area contributed by atoms with E-state index in [0.717, 1.165) is 13.0 Å². The lowest BCUT2D eigenvalue weighted by molar-refractivity contribution is -0.150. The minimum atomic E-state index is -0.196. The average Bonchev–Trinajstić information content (AvgIpc) is 2.18. The first-order valence-corrected chi connectivity index (χ1v) is 5.26. The molecule has 0 aliphatic carbocycles. The van der Waals surface area contributed by atoms with Crippen LogP contribution in [0.5, 0.6) is 0 Å². The second kappa shape index (κ2) is 10.9. The van der Waals surface area contributed by atoms with Gasteiger partial charge in [-0.05, 0) is 20.3 Å². The number of hydrogen-bond donors (Lipinski definition) is 1. The molecule has 0 aromatic rings. The van der Waals surface area contributed by atoms with Crippen LogP contribution in [0.3, 0.4) is 0 Å². The zero-order valence-corrected chi connectivity index (χ0v) is 9.20. The molecule has 1 atom stereocenters. The zero-order valence-electron chi connectivity index (χ0n) is 9.20. The van der Waals surface area contributed by atoms with Crippen LogP contribution in [0.15, 0.2) is 0 Å². The van der Waals surface area contributed by atoms with Gasteiger partial charge in [0, 0.05) is 26.2 Å². The van der Waals surface area contributed by atoms with Crippen molar-refractivity contribution < 1.29 is 19.3 Å². The number of aliphatic hydroxyl groups excluding tert-OH is 1. The van der Waals surface area contributed by atoms with Gasteiger partial charge in [0.05, 0.1) is 13.2 Å². The van der Waals surface area contributed by atoms with E-state index in [1.54, 1.807) is 0 Å². The summed E-state index contributed by atoms with van der Waals surface area (Å²) in [6.07, 6.45) is 1.20. The highest BCUT2D eigenvalue weighted by molar-refractivity contribution is 4.45. The largest absolute Gasteiger partial charge is 0.396 e. The fourth-order valence-corrected chi connectivity index (χ4v) is 1.00. The zero-order chi connectivity index (χ0) is 10.6. The Balaban J connectivity index is 3.44. The highest BCUT2D eigenvalue weighted by Crippen LogP contribution is 2.02. The lowest BCUT2D eigenvalue weighted by atomic mass is 10.4. The van der Waals surface area contributed by atoms with Gasteiger partial charge in [0.15, 0.2) is 6.29 Å². The first-order chi connectivity index (χ1) is 6.85. The topological polar surface area (TPSA) is 47.9 Å². The van der Waals surface area contributed by atoms with Crippen LogP contribution in [0.2, 0.25) is 0 Å². The van der Waals surface area contributed by atoms with Gasteiger partial charge in [-0.3, -0.25) is 0 Å². The maximum Gasteiger partial charge on any atom is 0.159 e. The second-order valence-electron chi connectivity index (χ2n) is 2.82. The van der Waals surface area contributed by atoms with E-state index >= 15 is 0 Å². The molecule has 0 saturated heterocycles. The van der Waals surface area contributed by atoms with Crippen molar-refractivity contribution in [1.82, 2.24) is 0 Å². The Morgan fingerprint density at radius 1 is 1.07 bits per heavy atom. The summed E-state index contributed by atoms with van der Waals surface area (Å²) in [6.45, 7) is 6.59. The van der Waals surface area contributed by atoms with Gasteiger partial charge in [-0.2, -0.15) is 0 Å². The fraction of sp³-hybridized carbons (Fsp3) is 1.00. The molecule has 0 heterocycles. The van der Waals surface area contributed by atoms with E-state index in [9.17, 15) is 0 Å². The van der Waals surface area contributed by atoms with Gasteiger partial charge in [-0.1, -0.05) is 0 Å². The van der Waals surface area contributed by atoms with Crippen LogP contribution in [0.4, 0.5) is 0 Å². The van der Waals surface area contributed by atoms with Crippen LogP contribution in [0.1, 0.15) is 26.7 Å². The Morgan fingerprint density at radius 3 is 2.43 bits per heavy atom. The third-order valence-electron chi connectivity index (χ3n) is 1.66. The molecule has 0 saturated carbocycles. The van der Waals surface area contributed by atoms with Gasteiger partial charge in [0.2, 0.25) is 0 Å². The number of ether oxygens (including phenoxy) is 3. The number of hydrogen-bond acceptors (Lipinski definition) is 4. The maximum absolute atomic E-state index is 8.58. The van der Waals surface area contributed by atoms with Crippen LogP contribution in [0, 0.1) is 0 Å². The summed E-state index contributed by atoms with van der Waals surface area (Å²) >= 11 is 0. The molecule has 86 valence electrons. The predicted octanol–water partition coefficient (Wildman–Crippen LogP) is 1.17. The predicted molar refractivity (Wildman–Crippen MR) is 54.2 cm³/mol. The van der Waals surface area contributed by atoms with Gasteiger partial charge in [0.1, 0.15) is 0 Å². The minimum absolute atomic E-state index is 0.157. The summed E-state index contributed by atoms with van der Waals surface area (Å²) in [5, 5.41) is 8.58. The lowest BCUT2D eigenvalue weighted by Crippen LogP contribution is -2.20. The number of aliphatic hydroxyl groups is 1. The molecule has 0 amide bonds. The van der Waals surface area contributed by atoms with Gasteiger partial charge < -0.3 is 19.3 Å². The smallest absolute Gasteiger partial charge is 0.159 e. The third kappa shape index (κ3) is 8.44. The molecule has 0 aromatic carbocycles. The quantitative estimate of drug-likeness (QED) is 0.430. The Morgan fingerprint density at radius 2 is 1.86 bits per heavy atom. The molecule has 0 rings (SSSR count). The molecular weight excluding hydrogens is 184 g/mol. The summed E-state index contributed by atoms with van der Waals surface area (Å²) in [6, 6.07) is 0. The monoisotopic (exact) mass is 206 g/mol. The van der Waals surface area contributed by atoms with Crippen molar-refractivity contribution in [2.75, 3.05) is 33.0 Å². The summed E-state index contributed by atoms with van der Waals surface area (Å²) in [5.41, 5.74) is 0. The minimum Gasteiger partial charge on any atom is -0.396 e. The molecule has 1 N–H and O–H groups in total. The van der Waals surface area contributed by atoms with Crippen LogP contribution in [-0.4, -0.2) is 44.4 Å². The standard InChI is InChI=1S/C10H22O4/c1-3-12-9-6-10(13-4-2)14-8-5-7-11/h10-11H,3-9H2,1-2H3. The van der Waals surface area contributed by atoms with Gasteiger partial charge in [-0.15, -0.1) is 0 Å². The number of rotatable bonds is 10. The normalized spacial score (nSPS) is 13.1. The summed E-state index contributed by atoms with van der Waals surface area (Å²) in [5.74, 6) is 0. The van der Waals surface area contributed by atoms with E-state index < -0.39 is 0 Å². The fourth-order valence-electron chi connectivity index (χ4n) is 1.00. The summed E-state index contributed by atoms with van der Waals surface area (Å²) in [7, 11) is 0. The van der Waals surface area contributed by atoms with E-state index in [-0.39, 0.29) is 12.9 Å². The van der Waals surface area contributed by atoms with Crippen molar-refractivity contribution in [3.8, 4) is 0 Å². The third-order valence-corrected chi connectivity index (χ3v) is 1.66. The van der Waals surface area contributed by atoms with Crippen LogP contribution in [-0.2, 0) is 14.2 Å². The Hall–Kier alpha value is -0.160. The van der Waals surface area contributed by atoms with E-state index in [0.29, 0.717) is 26.2 Å². The molecule has 14 heavy (non-hydrogen) atoms. The lowest BCUT2D eigenvalue weighted by Gasteiger charge is -2.17. The van der Waals surface area contributed by atoms with Crippen molar-refractivity contribution >= 4 is 0 Å². The van der Waals surface area contributed by atoms with Gasteiger partial charge >= 0.3 is 0 Å². The molecule has 0 bridgehead atoms. The van der Waals surface area contributed by atoms with Crippen molar-refractivity contribution in [1.29, 1.82) is 0 Å². The molecule has 4 nitrogen and oxygen atoms in total. The molecular formula is C10H22O4. The Kier molecular flexibility index (Phi) is 10.8. The molecule has 1 unspecified atom stereocenters. The molecule has 0 aliphatic heterocycles. The van der Waals surface area contributed by atoms with Crippen molar-refractivity contribution in [2.24, 2.45) is 0 Å². The first-order valence-electron chi connectivity index (χ1n) is 5.26. The van der Waals surface area contributed by atoms with E-state index in [4.69, 9.17) is 19.3 Å². The van der Waals surface area contributed by atoms with Gasteiger partial charge in [0.25, 0.3) is 0 Å². The first kappa shape index (κ1) is 13.8. The van der Waals surface area contributed by atoms with Gasteiger partial charge in [-0.25, -0.2) is 0 Å². The molecule has 0 aromatic heterocycles. The Bertz CT molecular complexity index is 98.3. The summed E-state index contributed by atoms with van der Waals surface area (Å²) < 4.78 is 16.0. The van der Waals surface area contributed by atoms with Crippen LogP contribution >= 0.6 is 0 Å². The SMILES string of the molecule is CCOCCC(OCC)OCCCO. The van der Waals surface area contributed by atoms with Crippen LogP contribution < -0.4 is 0 Å². The molecule has 0 spiro atoms. The van der Waals surface area contributed by atoms with E-state index in [1.165, 1.54) is 0 Å². The second-order valence-corrected chi connectivity index (χ2v) is 2.82. The highest BCUT2D eigenvalue weighted by atomic mass is 16.7. The maximum atomic E-state index is 8.58. The van der Waals surface area contributed by atoms with E-state index in [2.05, 4.69) is 0 Å². The van der Waals surface area contributed by atoms with Crippen molar-refractivity contribution in [3.63, 3.8) is 0 Å². The molecule has 0 fully saturated rings. The summed E-state index contributed by atoms with van der Waals surface area (Å²) in [4.78, 5) is 0. The molecule has 0 radical (unpaired) electrons. The molecule has 0 aliphatic rings. The Labute approximate surface area is 86.2 Å². The van der Waals surface area contributed by atoms with Crippen molar-refractivity contribution in [2.45, 2.75) is 33.0 Å².